The van der Waals surface area contributed by atoms with E-state index in [1.54, 1.807) is 12.1 Å². The summed E-state index contributed by atoms with van der Waals surface area (Å²) in [5.74, 6) is 0.685. The number of amides is 2. The highest BCUT2D eigenvalue weighted by Gasteiger charge is 2.41. The Hall–Kier alpha value is -3.47. The first-order chi connectivity index (χ1) is 20.0. The van der Waals surface area contributed by atoms with Crippen LogP contribution in [0.4, 0.5) is 11.6 Å². The number of carbonyl (C=O) groups excluding carboxylic acids is 2. The Morgan fingerprint density at radius 3 is 2.50 bits per heavy atom. The maximum Gasteiger partial charge on any atom is 0.281 e. The largest absolute Gasteiger partial charge is 0.384 e. The van der Waals surface area contributed by atoms with Crippen molar-refractivity contribution in [2.75, 3.05) is 30.3 Å². The van der Waals surface area contributed by atoms with Crippen LogP contribution >= 0.6 is 0 Å². The minimum Gasteiger partial charge on any atom is -0.384 e. The van der Waals surface area contributed by atoms with Crippen molar-refractivity contribution in [3.05, 3.63) is 47.7 Å². The third-order valence-electron chi connectivity index (χ3n) is 9.33. The fourth-order valence-corrected chi connectivity index (χ4v) is 7.28. The van der Waals surface area contributed by atoms with Crippen LogP contribution in [0.2, 0.25) is 0 Å². The molecule has 1 saturated heterocycles. The number of nitrogens with two attached hydrogens (primary N) is 1. The maximum absolute atomic E-state index is 13.5. The van der Waals surface area contributed by atoms with Gasteiger partial charge in [0, 0.05) is 31.6 Å². The monoisotopic (exact) mass is 594 g/mol. The van der Waals surface area contributed by atoms with E-state index >= 15 is 0 Å². The molecule has 0 bridgehead atoms. The zero-order valence-electron chi connectivity index (χ0n) is 24.8. The second kappa shape index (κ2) is 12.0. The number of anilines is 2. The van der Waals surface area contributed by atoms with Crippen molar-refractivity contribution in [2.24, 2.45) is 11.8 Å². The van der Waals surface area contributed by atoms with E-state index in [-0.39, 0.29) is 27.9 Å². The van der Waals surface area contributed by atoms with Crippen molar-refractivity contribution in [3.8, 4) is 0 Å². The number of carbonyl (C=O) groups is 2. The highest BCUT2D eigenvalue weighted by molar-refractivity contribution is 7.90. The van der Waals surface area contributed by atoms with Gasteiger partial charge in [-0.05, 0) is 81.2 Å². The van der Waals surface area contributed by atoms with E-state index in [2.05, 4.69) is 41.5 Å². The molecule has 2 aliphatic heterocycles. The molecule has 2 aromatic rings. The summed E-state index contributed by atoms with van der Waals surface area (Å²) in [6.45, 7) is 8.23. The quantitative estimate of drug-likeness (QED) is 0.481. The number of hydrogen-bond acceptors (Lipinski definition) is 8. The van der Waals surface area contributed by atoms with Gasteiger partial charge >= 0.3 is 0 Å². The summed E-state index contributed by atoms with van der Waals surface area (Å²) < 4.78 is 28.2. The molecule has 2 amide bonds. The van der Waals surface area contributed by atoms with Crippen LogP contribution in [0.5, 0.6) is 0 Å². The summed E-state index contributed by atoms with van der Waals surface area (Å²) in [6.07, 6.45) is 10.3. The number of pyridine rings is 2. The average molecular weight is 595 g/mol. The molecule has 0 radical (unpaired) electrons. The van der Waals surface area contributed by atoms with E-state index < -0.39 is 15.9 Å². The molecular weight excluding hydrogens is 552 g/mol. The molecule has 4 heterocycles. The SMILES string of the molecule is CC1CCN(c2nc(C3=CCCN(C(=O)CC4CCCCC4)C3)ccc2C(=O)NS(=O)(=O)c2cccc(N)n2)C1(C)C. The first kappa shape index (κ1) is 30.0. The zero-order valence-corrected chi connectivity index (χ0v) is 25.6. The van der Waals surface area contributed by atoms with Crippen LogP contribution in [-0.2, 0) is 14.8 Å². The van der Waals surface area contributed by atoms with Gasteiger partial charge in [-0.2, -0.15) is 8.42 Å². The Bertz CT molecular complexity index is 1480. The molecule has 42 heavy (non-hydrogen) atoms. The van der Waals surface area contributed by atoms with Crippen LogP contribution in [0.1, 0.15) is 88.2 Å². The first-order valence-corrected chi connectivity index (χ1v) is 16.5. The third kappa shape index (κ3) is 6.30. The van der Waals surface area contributed by atoms with E-state index in [9.17, 15) is 18.0 Å². The summed E-state index contributed by atoms with van der Waals surface area (Å²) in [7, 11) is -4.26. The lowest BCUT2D eigenvalue weighted by molar-refractivity contribution is -0.131. The van der Waals surface area contributed by atoms with Crippen LogP contribution in [0.15, 0.2) is 41.4 Å². The molecular formula is C31H42N6O4S. The Labute approximate surface area is 248 Å². The Kier molecular flexibility index (Phi) is 8.59. The molecule has 3 N–H and O–H groups in total. The molecule has 0 aromatic carbocycles. The maximum atomic E-state index is 13.5. The Morgan fingerprint density at radius 2 is 1.81 bits per heavy atom. The molecule has 1 atom stereocenters. The lowest BCUT2D eigenvalue weighted by atomic mass is 9.86. The van der Waals surface area contributed by atoms with Gasteiger partial charge < -0.3 is 15.5 Å². The summed E-state index contributed by atoms with van der Waals surface area (Å²) in [4.78, 5) is 39.6. The van der Waals surface area contributed by atoms with Gasteiger partial charge in [-0.25, -0.2) is 14.7 Å². The van der Waals surface area contributed by atoms with Gasteiger partial charge in [0.05, 0.1) is 11.3 Å². The molecule has 1 unspecified atom stereocenters. The van der Waals surface area contributed by atoms with Gasteiger partial charge in [-0.15, -0.1) is 0 Å². The van der Waals surface area contributed by atoms with Crippen molar-refractivity contribution in [2.45, 2.75) is 82.7 Å². The Balaban J connectivity index is 1.42. The van der Waals surface area contributed by atoms with Crippen molar-refractivity contribution in [1.29, 1.82) is 0 Å². The number of nitrogens with zero attached hydrogens (tertiary/aromatic N) is 4. The number of sulfonamides is 1. The number of nitrogen functional groups attached to an aromatic ring is 1. The minimum atomic E-state index is -4.26. The standard InChI is InChI=1S/C31H42N6O4S/c1-21-16-18-37(31(21,2)3)29-24(30(39)35-42(40,41)27-13-7-12-26(32)34-27)14-15-25(33-29)23-11-8-17-36(20-23)28(38)19-22-9-5-4-6-10-22/h7,11-15,21-22H,4-6,8-10,16-20H2,1-3H3,(H2,32,34)(H,35,39). The number of aromatic nitrogens is 2. The van der Waals surface area contributed by atoms with E-state index in [1.807, 2.05) is 4.90 Å². The van der Waals surface area contributed by atoms with Crippen molar-refractivity contribution in [3.63, 3.8) is 0 Å². The Morgan fingerprint density at radius 1 is 1.05 bits per heavy atom. The second-order valence-electron chi connectivity index (χ2n) is 12.4. The van der Waals surface area contributed by atoms with E-state index in [4.69, 9.17) is 10.7 Å². The highest BCUT2D eigenvalue weighted by atomic mass is 32.2. The summed E-state index contributed by atoms with van der Waals surface area (Å²) in [5.41, 5.74) is 7.15. The van der Waals surface area contributed by atoms with Crippen LogP contribution < -0.4 is 15.4 Å². The normalized spacial score (nSPS) is 21.2. The fraction of sp³-hybridized carbons (Fsp3) is 0.548. The van der Waals surface area contributed by atoms with Gasteiger partial charge in [-0.3, -0.25) is 9.59 Å². The van der Waals surface area contributed by atoms with Gasteiger partial charge in [0.15, 0.2) is 5.03 Å². The van der Waals surface area contributed by atoms with Crippen LogP contribution in [0.25, 0.3) is 5.57 Å². The van der Waals surface area contributed by atoms with Gasteiger partial charge in [-0.1, -0.05) is 38.3 Å². The predicted molar refractivity (Wildman–Crippen MR) is 163 cm³/mol. The summed E-state index contributed by atoms with van der Waals surface area (Å²) >= 11 is 0. The zero-order chi connectivity index (χ0) is 30.1. The second-order valence-corrected chi connectivity index (χ2v) is 14.1. The van der Waals surface area contributed by atoms with E-state index in [0.717, 1.165) is 31.3 Å². The van der Waals surface area contributed by atoms with E-state index in [0.29, 0.717) is 49.4 Å². The van der Waals surface area contributed by atoms with Crippen LogP contribution in [0.3, 0.4) is 0 Å². The number of hydrogen-bond donors (Lipinski definition) is 2. The summed E-state index contributed by atoms with van der Waals surface area (Å²) in [6, 6.07) is 7.62. The molecule has 10 nitrogen and oxygen atoms in total. The van der Waals surface area contributed by atoms with Gasteiger partial charge in [0.2, 0.25) is 5.91 Å². The molecule has 0 spiro atoms. The smallest absolute Gasteiger partial charge is 0.281 e. The predicted octanol–water partition coefficient (Wildman–Crippen LogP) is 4.39. The fourth-order valence-electron chi connectivity index (χ4n) is 6.34. The molecule has 5 rings (SSSR count). The average Bonchev–Trinajstić information content (AvgIpc) is 3.24. The van der Waals surface area contributed by atoms with Gasteiger partial charge in [0.1, 0.15) is 11.6 Å². The number of nitrogens with one attached hydrogen (secondary N) is 1. The molecule has 226 valence electrons. The molecule has 1 aliphatic carbocycles. The van der Waals surface area contributed by atoms with E-state index in [1.165, 1.54) is 37.5 Å². The van der Waals surface area contributed by atoms with Crippen LogP contribution in [-0.4, -0.2) is 60.3 Å². The molecule has 3 aliphatic rings. The molecule has 1 saturated carbocycles. The lowest BCUT2D eigenvalue weighted by Gasteiger charge is -2.37. The molecule has 11 heteroatoms. The third-order valence-corrected chi connectivity index (χ3v) is 10.6. The minimum absolute atomic E-state index is 0.0388. The lowest BCUT2D eigenvalue weighted by Crippen LogP contribution is -2.44. The number of rotatable bonds is 7. The highest BCUT2D eigenvalue weighted by Crippen LogP contribution is 2.39. The summed E-state index contributed by atoms with van der Waals surface area (Å²) in [5, 5.41) is -0.331. The van der Waals surface area contributed by atoms with Gasteiger partial charge in [0.25, 0.3) is 15.9 Å². The van der Waals surface area contributed by atoms with Crippen molar-refractivity contribution < 1.29 is 18.0 Å². The first-order valence-electron chi connectivity index (χ1n) is 15.0. The molecule has 2 aromatic heterocycles. The van der Waals surface area contributed by atoms with Crippen molar-refractivity contribution in [1.82, 2.24) is 19.6 Å². The molecule has 2 fully saturated rings. The topological polar surface area (TPSA) is 139 Å². The van der Waals surface area contributed by atoms with Crippen LogP contribution in [0, 0.1) is 11.8 Å². The van der Waals surface area contributed by atoms with Crippen molar-refractivity contribution >= 4 is 39.0 Å².